The van der Waals surface area contributed by atoms with Gasteiger partial charge < -0.3 is 10.1 Å². The molecule has 6 nitrogen and oxygen atoms in total. The van der Waals surface area contributed by atoms with E-state index in [1.807, 2.05) is 54.6 Å². The van der Waals surface area contributed by atoms with Gasteiger partial charge in [0, 0.05) is 17.9 Å². The molecule has 0 radical (unpaired) electrons. The van der Waals surface area contributed by atoms with Crippen LogP contribution in [-0.2, 0) is 4.79 Å². The first-order chi connectivity index (χ1) is 13.3. The van der Waals surface area contributed by atoms with Crippen molar-refractivity contribution in [3.63, 3.8) is 0 Å². The topological polar surface area (TPSA) is 87.1 Å². The van der Waals surface area contributed by atoms with E-state index < -0.39 is 0 Å². The second-order valence-electron chi connectivity index (χ2n) is 6.29. The molecular weight excluding hydrogens is 340 g/mol. The molecule has 0 aliphatic carbocycles. The van der Waals surface area contributed by atoms with E-state index in [0.29, 0.717) is 24.4 Å². The fraction of sp³-hybridized carbons (Fsp3) is 0.381. The van der Waals surface area contributed by atoms with Crippen LogP contribution >= 0.6 is 0 Å². The number of benzene rings is 2. The molecule has 0 aliphatic heterocycles. The third kappa shape index (κ3) is 8.29. The summed E-state index contributed by atoms with van der Waals surface area (Å²) in [6.45, 7) is 0.573. The summed E-state index contributed by atoms with van der Waals surface area (Å²) in [5, 5.41) is 6.47. The van der Waals surface area contributed by atoms with Crippen molar-refractivity contribution in [1.82, 2.24) is 0 Å². The van der Waals surface area contributed by atoms with Gasteiger partial charge in [-0.3, -0.25) is 4.79 Å². The number of para-hydroxylation sites is 3. The SMILES string of the molecule is [N-]=[N+]=NCCCCCCCCC(=O)Nc1ccccc1Oc1ccccc1. The van der Waals surface area contributed by atoms with Gasteiger partial charge in [0.2, 0.25) is 5.91 Å². The third-order valence-corrected chi connectivity index (χ3v) is 4.11. The molecule has 0 saturated heterocycles. The maximum Gasteiger partial charge on any atom is 0.224 e. The highest BCUT2D eigenvalue weighted by Crippen LogP contribution is 2.29. The Balaban J connectivity index is 1.69. The molecule has 0 spiro atoms. The molecule has 0 bridgehead atoms. The molecule has 2 aromatic rings. The lowest BCUT2D eigenvalue weighted by atomic mass is 10.1. The van der Waals surface area contributed by atoms with Crippen molar-refractivity contribution in [3.05, 3.63) is 65.0 Å². The molecule has 1 amide bonds. The van der Waals surface area contributed by atoms with Crippen molar-refractivity contribution >= 4 is 11.6 Å². The molecule has 0 saturated carbocycles. The van der Waals surface area contributed by atoms with Crippen LogP contribution in [0.2, 0.25) is 0 Å². The summed E-state index contributed by atoms with van der Waals surface area (Å²) in [4.78, 5) is 14.9. The van der Waals surface area contributed by atoms with E-state index in [0.717, 1.165) is 44.3 Å². The van der Waals surface area contributed by atoms with Gasteiger partial charge in [-0.15, -0.1) is 0 Å². The van der Waals surface area contributed by atoms with Gasteiger partial charge in [-0.2, -0.15) is 0 Å². The summed E-state index contributed by atoms with van der Waals surface area (Å²) in [6, 6.07) is 17.0. The molecule has 142 valence electrons. The highest BCUT2D eigenvalue weighted by Gasteiger charge is 2.08. The number of unbranched alkanes of at least 4 members (excludes halogenated alkanes) is 5. The van der Waals surface area contributed by atoms with Crippen LogP contribution < -0.4 is 10.1 Å². The lowest BCUT2D eigenvalue weighted by Crippen LogP contribution is -2.11. The number of carbonyl (C=O) groups is 1. The molecule has 0 atom stereocenters. The normalized spacial score (nSPS) is 10.1. The van der Waals surface area contributed by atoms with E-state index in [4.69, 9.17) is 10.3 Å². The van der Waals surface area contributed by atoms with E-state index >= 15 is 0 Å². The van der Waals surface area contributed by atoms with Gasteiger partial charge in [-0.1, -0.05) is 61.1 Å². The number of hydrogen-bond donors (Lipinski definition) is 1. The average molecular weight is 366 g/mol. The Labute approximate surface area is 160 Å². The second kappa shape index (κ2) is 12.4. The predicted molar refractivity (Wildman–Crippen MR) is 108 cm³/mol. The molecule has 1 N–H and O–H groups in total. The number of amides is 1. The first-order valence-corrected chi connectivity index (χ1v) is 9.42. The van der Waals surface area contributed by atoms with Gasteiger partial charge in [0.05, 0.1) is 5.69 Å². The maximum atomic E-state index is 12.2. The van der Waals surface area contributed by atoms with Crippen molar-refractivity contribution < 1.29 is 9.53 Å². The van der Waals surface area contributed by atoms with Crippen molar-refractivity contribution in [2.45, 2.75) is 44.9 Å². The van der Waals surface area contributed by atoms with E-state index in [1.54, 1.807) is 0 Å². The van der Waals surface area contributed by atoms with Crippen LogP contribution in [0.4, 0.5) is 5.69 Å². The molecule has 6 heteroatoms. The third-order valence-electron chi connectivity index (χ3n) is 4.11. The lowest BCUT2D eigenvalue weighted by Gasteiger charge is -2.12. The standard InChI is InChI=1S/C21H26N4O2/c22-25-23-17-11-4-2-1-3-8-16-21(26)24-19-14-9-10-15-20(19)27-18-12-6-5-7-13-18/h5-7,9-10,12-15H,1-4,8,11,16-17H2,(H,24,26). The lowest BCUT2D eigenvalue weighted by molar-refractivity contribution is -0.116. The fourth-order valence-electron chi connectivity index (χ4n) is 2.71. The Kier molecular flexibility index (Phi) is 9.33. The number of nitrogens with zero attached hydrogens (tertiary/aromatic N) is 3. The van der Waals surface area contributed by atoms with Crippen LogP contribution in [0, 0.1) is 0 Å². The number of azide groups is 1. The Morgan fingerprint density at radius 3 is 2.37 bits per heavy atom. The Hall–Kier alpha value is -2.98. The summed E-state index contributed by atoms with van der Waals surface area (Å²) in [5.41, 5.74) is 8.88. The van der Waals surface area contributed by atoms with Crippen LogP contribution in [0.5, 0.6) is 11.5 Å². The Morgan fingerprint density at radius 2 is 1.59 bits per heavy atom. The van der Waals surface area contributed by atoms with Gasteiger partial charge in [0.1, 0.15) is 5.75 Å². The van der Waals surface area contributed by atoms with Crippen molar-refractivity contribution in [2.24, 2.45) is 5.11 Å². The first-order valence-electron chi connectivity index (χ1n) is 9.42. The minimum absolute atomic E-state index is 0.00229. The smallest absolute Gasteiger partial charge is 0.224 e. The zero-order chi connectivity index (χ0) is 19.2. The summed E-state index contributed by atoms with van der Waals surface area (Å²) >= 11 is 0. The highest BCUT2D eigenvalue weighted by molar-refractivity contribution is 5.92. The van der Waals surface area contributed by atoms with Crippen LogP contribution in [0.15, 0.2) is 59.7 Å². The average Bonchev–Trinajstić information content (AvgIpc) is 2.69. The van der Waals surface area contributed by atoms with Gasteiger partial charge >= 0.3 is 0 Å². The summed E-state index contributed by atoms with van der Waals surface area (Å²) in [6.07, 6.45) is 6.59. The number of rotatable bonds is 12. The molecule has 0 aromatic heterocycles. The number of hydrogen-bond acceptors (Lipinski definition) is 3. The number of anilines is 1. The molecule has 0 fully saturated rings. The van der Waals surface area contributed by atoms with Crippen LogP contribution in [0.1, 0.15) is 44.9 Å². The molecule has 0 unspecified atom stereocenters. The van der Waals surface area contributed by atoms with E-state index in [2.05, 4.69) is 15.3 Å². The summed E-state index contributed by atoms with van der Waals surface area (Å²) in [5.74, 6) is 1.37. The molecular formula is C21H26N4O2. The van der Waals surface area contributed by atoms with Crippen LogP contribution in [0.3, 0.4) is 0 Å². The fourth-order valence-corrected chi connectivity index (χ4v) is 2.71. The highest BCUT2D eigenvalue weighted by atomic mass is 16.5. The van der Waals surface area contributed by atoms with E-state index in [9.17, 15) is 4.79 Å². The molecule has 2 rings (SSSR count). The maximum absolute atomic E-state index is 12.2. The van der Waals surface area contributed by atoms with E-state index in [1.165, 1.54) is 0 Å². The van der Waals surface area contributed by atoms with E-state index in [-0.39, 0.29) is 5.91 Å². The van der Waals surface area contributed by atoms with Crippen LogP contribution in [-0.4, -0.2) is 12.5 Å². The Morgan fingerprint density at radius 1 is 0.926 bits per heavy atom. The molecule has 27 heavy (non-hydrogen) atoms. The molecule has 0 heterocycles. The van der Waals surface area contributed by atoms with Gasteiger partial charge in [-0.05, 0) is 42.6 Å². The van der Waals surface area contributed by atoms with Gasteiger partial charge in [-0.25, -0.2) is 0 Å². The largest absolute Gasteiger partial charge is 0.455 e. The monoisotopic (exact) mass is 366 g/mol. The number of nitrogens with one attached hydrogen (secondary N) is 1. The van der Waals surface area contributed by atoms with Gasteiger partial charge in [0.25, 0.3) is 0 Å². The number of carbonyl (C=O) groups excluding carboxylic acids is 1. The van der Waals surface area contributed by atoms with Crippen molar-refractivity contribution in [3.8, 4) is 11.5 Å². The molecule has 2 aromatic carbocycles. The Bertz CT molecular complexity index is 743. The molecule has 0 aliphatic rings. The minimum Gasteiger partial charge on any atom is -0.455 e. The van der Waals surface area contributed by atoms with Crippen molar-refractivity contribution in [2.75, 3.05) is 11.9 Å². The summed E-state index contributed by atoms with van der Waals surface area (Å²) in [7, 11) is 0. The predicted octanol–water partition coefficient (Wildman–Crippen LogP) is 6.46. The zero-order valence-electron chi connectivity index (χ0n) is 15.5. The number of ether oxygens (including phenoxy) is 1. The minimum atomic E-state index is 0.00229. The second-order valence-corrected chi connectivity index (χ2v) is 6.29. The zero-order valence-corrected chi connectivity index (χ0v) is 15.5. The summed E-state index contributed by atoms with van der Waals surface area (Å²) < 4.78 is 5.86. The van der Waals surface area contributed by atoms with Crippen molar-refractivity contribution in [1.29, 1.82) is 0 Å². The van der Waals surface area contributed by atoms with Gasteiger partial charge in [0.15, 0.2) is 5.75 Å². The quantitative estimate of drug-likeness (QED) is 0.202. The first kappa shape index (κ1) is 20.3. The van der Waals surface area contributed by atoms with Crippen LogP contribution in [0.25, 0.3) is 10.4 Å².